The molecule has 0 aliphatic heterocycles. The highest BCUT2D eigenvalue weighted by Gasteiger charge is 2.36. The Morgan fingerprint density at radius 1 is 0.115 bits per heavy atom. The van der Waals surface area contributed by atoms with Gasteiger partial charge < -0.3 is 0 Å². The van der Waals surface area contributed by atoms with Crippen LogP contribution in [0.5, 0.6) is 0 Å². The highest BCUT2D eigenvalue weighted by atomic mass is 14.4. The Labute approximate surface area is 763 Å². The number of rotatable bonds is 10. The maximum atomic E-state index is 2.45. The zero-order valence-corrected chi connectivity index (χ0v) is 72.8. The van der Waals surface area contributed by atoms with Gasteiger partial charge in [0.15, 0.2) is 0 Å². The molecule has 0 heteroatoms. The van der Waals surface area contributed by atoms with Gasteiger partial charge in [-0.3, -0.25) is 0 Å². The summed E-state index contributed by atoms with van der Waals surface area (Å²) in [5.74, 6) is 0. The minimum absolute atomic E-state index is 0.0471. The number of fused-ring (bicyclic) bond motifs is 15. The minimum Gasteiger partial charge on any atom is -0.0622 e. The summed E-state index contributed by atoms with van der Waals surface area (Å²) < 4.78 is 0. The average molecular weight is 1660 g/mol. The van der Waals surface area contributed by atoms with Gasteiger partial charge in [0, 0.05) is 5.41 Å². The smallest absolute Gasteiger partial charge is 0.0159 e. The van der Waals surface area contributed by atoms with Crippen molar-refractivity contribution in [1.29, 1.82) is 0 Å². The lowest BCUT2D eigenvalue weighted by molar-refractivity contribution is 0.660. The summed E-state index contributed by atoms with van der Waals surface area (Å²) in [5.41, 5.74) is 30.5. The summed E-state index contributed by atoms with van der Waals surface area (Å²) in [6, 6.07) is 183. The maximum Gasteiger partial charge on any atom is 0.0159 e. The normalized spacial score (nSPS) is 12.1. The molecule has 0 aromatic heterocycles. The van der Waals surface area contributed by atoms with Crippen molar-refractivity contribution < 1.29 is 0 Å². The fourth-order valence-electron chi connectivity index (χ4n) is 21.4. The second-order valence-electron chi connectivity index (χ2n) is 35.5. The second-order valence-corrected chi connectivity index (χ2v) is 35.5. The minimum atomic E-state index is -0.0471. The van der Waals surface area contributed by atoms with E-state index in [0.717, 1.165) is 0 Å². The van der Waals surface area contributed by atoms with Gasteiger partial charge in [-0.15, -0.1) is 0 Å². The van der Waals surface area contributed by atoms with Crippen LogP contribution in [0.1, 0.15) is 25.0 Å². The zero-order chi connectivity index (χ0) is 87.0. The Kier molecular flexibility index (Phi) is 19.4. The third-order valence-corrected chi connectivity index (χ3v) is 27.7. The molecular weight excluding hydrogens is 1570 g/mol. The van der Waals surface area contributed by atoms with Gasteiger partial charge in [0.2, 0.25) is 0 Å². The summed E-state index contributed by atoms with van der Waals surface area (Å²) >= 11 is 0. The molecule has 0 unspecified atom stereocenters. The van der Waals surface area contributed by atoms with Gasteiger partial charge in [-0.05, 0) is 301 Å². The molecule has 0 nitrogen and oxygen atoms in total. The Morgan fingerprint density at radius 3 is 0.809 bits per heavy atom. The fourth-order valence-corrected chi connectivity index (χ4v) is 21.4. The van der Waals surface area contributed by atoms with Crippen LogP contribution in [0.4, 0.5) is 0 Å². The topological polar surface area (TPSA) is 0 Å². The fraction of sp³-hybridized carbons (Fsp3) is 0.0229. The number of hydrogen-bond acceptors (Lipinski definition) is 0. The van der Waals surface area contributed by atoms with Gasteiger partial charge in [0.25, 0.3) is 0 Å². The first-order chi connectivity index (χ1) is 64.7. The molecule has 0 radical (unpaired) electrons. The van der Waals surface area contributed by atoms with E-state index in [4.69, 9.17) is 0 Å². The lowest BCUT2D eigenvalue weighted by Crippen LogP contribution is -2.14. The number of benzene rings is 25. The maximum absolute atomic E-state index is 2.45. The highest BCUT2D eigenvalue weighted by Crippen LogP contribution is 2.53. The van der Waals surface area contributed by atoms with Crippen LogP contribution in [0, 0.1) is 0 Å². The van der Waals surface area contributed by atoms with Crippen molar-refractivity contribution in [3.8, 4) is 122 Å². The molecule has 0 spiro atoms. The monoisotopic (exact) mass is 1660 g/mol. The quantitative estimate of drug-likeness (QED) is 0.0946. The van der Waals surface area contributed by atoms with Crippen molar-refractivity contribution in [3.05, 3.63) is 509 Å². The molecule has 1 aliphatic rings. The largest absolute Gasteiger partial charge is 0.0622 e. The van der Waals surface area contributed by atoms with E-state index >= 15 is 0 Å². The van der Waals surface area contributed by atoms with Crippen LogP contribution in [0.25, 0.3) is 241 Å². The highest BCUT2D eigenvalue weighted by molar-refractivity contribution is 6.26. The van der Waals surface area contributed by atoms with E-state index in [0.29, 0.717) is 0 Å². The van der Waals surface area contributed by atoms with E-state index < -0.39 is 0 Å². The Balaban J connectivity index is 0.000000110. The molecule has 0 saturated heterocycles. The summed E-state index contributed by atoms with van der Waals surface area (Å²) in [6.45, 7) is 4.73. The third-order valence-electron chi connectivity index (χ3n) is 27.7. The van der Waals surface area contributed by atoms with Crippen LogP contribution in [0.2, 0.25) is 0 Å². The van der Waals surface area contributed by atoms with Gasteiger partial charge in [-0.25, -0.2) is 0 Å². The summed E-state index contributed by atoms with van der Waals surface area (Å²) in [5, 5.41) is 28.0. The Morgan fingerprint density at radius 2 is 0.344 bits per heavy atom. The molecule has 0 atom stereocenters. The molecule has 0 saturated carbocycles. The first-order valence-electron chi connectivity index (χ1n) is 45.6. The van der Waals surface area contributed by atoms with E-state index in [1.807, 2.05) is 0 Å². The standard InChI is InChI=1S/C49H34.C44H28.C38H26/c1-49(2)45-18-10-9-15-39(45)40-25-23-36(30-46(40)49)35-24-26-43-44(29-35)48(38-22-20-32-12-4-6-14-34(32)28-38)42-17-8-7-16-41(42)47(43)37-21-19-31-11-3-5-13-33(31)27-37;1-2-12-31(13-3-1)43-39-16-8-9-17-40(39)44(36-23-24-38-35(27-36)21-19-30-11-6-7-15-37(30)38)41-25-22-34(28-42(41)43)33-20-18-29-10-4-5-14-32(29)26-33;1-4-12-27(13-5-1)29-20-22-31(23-21-29)38-34-19-11-10-18-33(34)37(30-16-8-3-9-17-30)35-25-24-32(26-36(35)38)28-14-6-2-7-15-28/h3-30H,1-2H3;1-28H;1-26H. The number of hydrogen-bond donors (Lipinski definition) is 0. The van der Waals surface area contributed by atoms with E-state index in [-0.39, 0.29) is 5.41 Å². The average Bonchev–Trinajstić information content (AvgIpc) is 1.60. The molecular formula is C131H88. The third kappa shape index (κ3) is 13.9. The van der Waals surface area contributed by atoms with Gasteiger partial charge in [0.05, 0.1) is 0 Å². The molecule has 25 aromatic carbocycles. The molecule has 0 fully saturated rings. The molecule has 0 N–H and O–H groups in total. The summed E-state index contributed by atoms with van der Waals surface area (Å²) in [7, 11) is 0. The van der Waals surface area contributed by atoms with Gasteiger partial charge in [-0.2, -0.15) is 0 Å². The van der Waals surface area contributed by atoms with Crippen LogP contribution in [0.15, 0.2) is 497 Å². The van der Waals surface area contributed by atoms with Gasteiger partial charge in [-0.1, -0.05) is 463 Å². The van der Waals surface area contributed by atoms with Crippen molar-refractivity contribution in [3.63, 3.8) is 0 Å². The lowest BCUT2D eigenvalue weighted by Gasteiger charge is -2.22. The molecule has 0 heterocycles. The van der Waals surface area contributed by atoms with E-state index in [9.17, 15) is 0 Å². The Bertz CT molecular complexity index is 8820. The van der Waals surface area contributed by atoms with Crippen LogP contribution in [0.3, 0.4) is 0 Å². The van der Waals surface area contributed by atoms with Crippen LogP contribution < -0.4 is 0 Å². The van der Waals surface area contributed by atoms with E-state index in [2.05, 4.69) is 511 Å². The molecule has 131 heavy (non-hydrogen) atoms. The lowest BCUT2D eigenvalue weighted by atomic mass is 9.81. The molecule has 25 aromatic rings. The molecule has 0 bridgehead atoms. The van der Waals surface area contributed by atoms with Crippen LogP contribution in [-0.4, -0.2) is 0 Å². The van der Waals surface area contributed by atoms with Crippen molar-refractivity contribution in [2.45, 2.75) is 19.3 Å². The zero-order valence-electron chi connectivity index (χ0n) is 72.8. The van der Waals surface area contributed by atoms with E-state index in [1.165, 1.54) is 252 Å². The van der Waals surface area contributed by atoms with Gasteiger partial charge >= 0.3 is 0 Å². The van der Waals surface area contributed by atoms with Crippen molar-refractivity contribution in [2.24, 2.45) is 0 Å². The SMILES string of the molecule is CC1(C)c2ccccc2-c2ccc(-c3ccc4c(-c5ccc6ccccc6c5)c5ccccc5c(-c5ccc6ccccc6c5)c4c3)cc21.c1ccc(-c2c3ccccc3c(-c3ccc4c(ccc5ccccc54)c3)c3ccc(-c4ccc5ccccc5c4)cc23)cc1.c1ccc(-c2ccc(-c3c4ccccc4c(-c4ccccc4)c4ccc(-c5ccccc5)cc34)cc2)cc1. The Hall–Kier alpha value is -16.6. The van der Waals surface area contributed by atoms with Crippen molar-refractivity contribution in [1.82, 2.24) is 0 Å². The first kappa shape index (κ1) is 77.9. The van der Waals surface area contributed by atoms with E-state index in [1.54, 1.807) is 0 Å². The molecule has 0 amide bonds. The summed E-state index contributed by atoms with van der Waals surface area (Å²) in [4.78, 5) is 0. The molecule has 612 valence electrons. The van der Waals surface area contributed by atoms with Gasteiger partial charge in [0.1, 0.15) is 0 Å². The molecule has 26 rings (SSSR count). The predicted molar refractivity (Wildman–Crippen MR) is 564 cm³/mol. The molecule has 1 aliphatic carbocycles. The van der Waals surface area contributed by atoms with Crippen molar-refractivity contribution >= 4 is 118 Å². The predicted octanol–water partition coefficient (Wildman–Crippen LogP) is 36.7. The summed E-state index contributed by atoms with van der Waals surface area (Å²) in [6.07, 6.45) is 0. The van der Waals surface area contributed by atoms with Crippen molar-refractivity contribution in [2.75, 3.05) is 0 Å². The second kappa shape index (κ2) is 32.7. The van der Waals surface area contributed by atoms with Crippen LogP contribution in [-0.2, 0) is 5.41 Å². The van der Waals surface area contributed by atoms with Crippen LogP contribution >= 0.6 is 0 Å². The first-order valence-corrected chi connectivity index (χ1v) is 45.6.